The van der Waals surface area contributed by atoms with E-state index in [1.165, 1.54) is 11.3 Å². The third-order valence-corrected chi connectivity index (χ3v) is 5.23. The summed E-state index contributed by atoms with van der Waals surface area (Å²) in [7, 11) is 0. The second-order valence-electron chi connectivity index (χ2n) is 4.01. The molecule has 0 aliphatic heterocycles. The van der Waals surface area contributed by atoms with Gasteiger partial charge in [0.1, 0.15) is 11.0 Å². The van der Waals surface area contributed by atoms with Crippen LogP contribution in [0.15, 0.2) is 23.8 Å². The molecular weight excluding hydrogens is 363 g/mol. The van der Waals surface area contributed by atoms with Crippen LogP contribution in [0.5, 0.6) is 0 Å². The SMILES string of the molecule is Cc1csc(C(=O)O[C@@H](C)Cn2cccn2)c1I. The minimum absolute atomic E-state index is 0.199. The average Bonchev–Trinajstić information content (AvgIpc) is 2.91. The molecule has 1 atom stereocenters. The van der Waals surface area contributed by atoms with Crippen molar-refractivity contribution in [3.63, 3.8) is 0 Å². The van der Waals surface area contributed by atoms with Crippen molar-refractivity contribution >= 4 is 39.9 Å². The fraction of sp³-hybridized carbons (Fsp3) is 0.333. The molecule has 2 rings (SSSR count). The third-order valence-electron chi connectivity index (χ3n) is 2.40. The van der Waals surface area contributed by atoms with Gasteiger partial charge in [-0.1, -0.05) is 0 Å². The Morgan fingerprint density at radius 3 is 3.00 bits per heavy atom. The molecular formula is C12H13IN2O2S. The maximum atomic E-state index is 12.0. The Balaban J connectivity index is 1.97. The molecule has 0 saturated carbocycles. The van der Waals surface area contributed by atoms with Gasteiger partial charge in [-0.3, -0.25) is 4.68 Å². The van der Waals surface area contributed by atoms with E-state index < -0.39 is 0 Å². The quantitative estimate of drug-likeness (QED) is 0.609. The number of thiophene rings is 1. The summed E-state index contributed by atoms with van der Waals surface area (Å²) in [5.74, 6) is -0.253. The van der Waals surface area contributed by atoms with Crippen LogP contribution in [0.1, 0.15) is 22.2 Å². The van der Waals surface area contributed by atoms with E-state index in [1.807, 2.05) is 31.5 Å². The van der Waals surface area contributed by atoms with Crippen molar-refractivity contribution in [2.75, 3.05) is 0 Å². The van der Waals surface area contributed by atoms with Crippen LogP contribution in [0.4, 0.5) is 0 Å². The minimum atomic E-state index is -0.253. The van der Waals surface area contributed by atoms with Crippen LogP contribution in [-0.2, 0) is 11.3 Å². The van der Waals surface area contributed by atoms with Crippen LogP contribution in [0.2, 0.25) is 0 Å². The molecule has 0 amide bonds. The summed E-state index contributed by atoms with van der Waals surface area (Å²) < 4.78 is 8.14. The molecule has 0 aromatic carbocycles. The highest BCUT2D eigenvalue weighted by Gasteiger charge is 2.18. The van der Waals surface area contributed by atoms with E-state index in [2.05, 4.69) is 27.7 Å². The van der Waals surface area contributed by atoms with Crippen LogP contribution >= 0.6 is 33.9 Å². The highest BCUT2D eigenvalue weighted by atomic mass is 127. The maximum Gasteiger partial charge on any atom is 0.349 e. The second-order valence-corrected chi connectivity index (χ2v) is 5.96. The van der Waals surface area contributed by atoms with Gasteiger partial charge in [-0.05, 0) is 53.4 Å². The zero-order chi connectivity index (χ0) is 13.1. The van der Waals surface area contributed by atoms with Crippen LogP contribution in [-0.4, -0.2) is 21.9 Å². The van der Waals surface area contributed by atoms with Crippen molar-refractivity contribution in [1.29, 1.82) is 0 Å². The van der Waals surface area contributed by atoms with Gasteiger partial charge in [0.15, 0.2) is 0 Å². The van der Waals surface area contributed by atoms with Gasteiger partial charge in [0.25, 0.3) is 0 Å². The summed E-state index contributed by atoms with van der Waals surface area (Å²) in [5.41, 5.74) is 1.12. The molecule has 0 fully saturated rings. The van der Waals surface area contributed by atoms with Gasteiger partial charge in [0.05, 0.1) is 6.54 Å². The molecule has 2 aromatic rings. The number of rotatable bonds is 4. The molecule has 2 heterocycles. The molecule has 96 valence electrons. The first kappa shape index (κ1) is 13.5. The number of hydrogen-bond acceptors (Lipinski definition) is 4. The summed E-state index contributed by atoms with van der Waals surface area (Å²) in [5, 5.41) is 6.05. The number of carbonyl (C=O) groups excluding carboxylic acids is 1. The maximum absolute atomic E-state index is 12.0. The molecule has 0 spiro atoms. The zero-order valence-electron chi connectivity index (χ0n) is 10.1. The highest BCUT2D eigenvalue weighted by Crippen LogP contribution is 2.24. The molecule has 0 N–H and O–H groups in total. The first-order valence-corrected chi connectivity index (χ1v) is 7.45. The first-order valence-electron chi connectivity index (χ1n) is 5.50. The topological polar surface area (TPSA) is 44.1 Å². The first-order chi connectivity index (χ1) is 8.58. The Morgan fingerprint density at radius 2 is 2.44 bits per heavy atom. The monoisotopic (exact) mass is 376 g/mol. The van der Waals surface area contributed by atoms with E-state index in [0.717, 1.165) is 9.13 Å². The number of esters is 1. The van der Waals surface area contributed by atoms with Gasteiger partial charge in [0.2, 0.25) is 0 Å². The Morgan fingerprint density at radius 1 is 1.67 bits per heavy atom. The summed E-state index contributed by atoms with van der Waals surface area (Å²) >= 11 is 3.61. The molecule has 0 unspecified atom stereocenters. The fourth-order valence-electron chi connectivity index (χ4n) is 1.51. The Hall–Kier alpha value is -0.890. The van der Waals surface area contributed by atoms with Crippen molar-refractivity contribution in [2.45, 2.75) is 26.5 Å². The van der Waals surface area contributed by atoms with Crippen molar-refractivity contribution < 1.29 is 9.53 Å². The van der Waals surface area contributed by atoms with Gasteiger partial charge in [0, 0.05) is 16.0 Å². The number of aryl methyl sites for hydroxylation is 1. The lowest BCUT2D eigenvalue weighted by molar-refractivity contribution is 0.0303. The standard InChI is InChI=1S/C12H13IN2O2S/c1-8-7-18-11(10(8)13)12(16)17-9(2)6-15-5-3-4-14-15/h3-5,7,9H,6H2,1-2H3/t9-/m0/s1. The molecule has 0 radical (unpaired) electrons. The number of ether oxygens (including phenoxy) is 1. The molecule has 0 aliphatic rings. The Bertz CT molecular complexity index is 536. The number of hydrogen-bond donors (Lipinski definition) is 0. The van der Waals surface area contributed by atoms with Gasteiger partial charge in [-0.25, -0.2) is 4.79 Å². The number of carbonyl (C=O) groups is 1. The predicted octanol–water partition coefficient (Wildman–Crippen LogP) is 3.10. The lowest BCUT2D eigenvalue weighted by Gasteiger charge is -2.12. The number of nitrogens with zero attached hydrogens (tertiary/aromatic N) is 2. The van der Waals surface area contributed by atoms with Crippen molar-refractivity contribution in [3.05, 3.63) is 37.9 Å². The number of halogens is 1. The molecule has 4 nitrogen and oxygen atoms in total. The number of aromatic nitrogens is 2. The second kappa shape index (κ2) is 5.83. The van der Waals surface area contributed by atoms with E-state index in [4.69, 9.17) is 4.74 Å². The fourth-order valence-corrected chi connectivity index (χ4v) is 3.30. The van der Waals surface area contributed by atoms with Gasteiger partial charge in [-0.2, -0.15) is 5.10 Å². The molecule has 6 heteroatoms. The third kappa shape index (κ3) is 3.11. The molecule has 0 bridgehead atoms. The van der Waals surface area contributed by atoms with E-state index in [-0.39, 0.29) is 12.1 Å². The van der Waals surface area contributed by atoms with Crippen LogP contribution in [0.25, 0.3) is 0 Å². The minimum Gasteiger partial charge on any atom is -0.456 e. The lowest BCUT2D eigenvalue weighted by Crippen LogP contribution is -2.20. The van der Waals surface area contributed by atoms with Gasteiger partial charge < -0.3 is 4.74 Å². The summed E-state index contributed by atoms with van der Waals surface area (Å²) in [6.07, 6.45) is 3.36. The Labute approximate surface area is 123 Å². The average molecular weight is 376 g/mol. The van der Waals surface area contributed by atoms with Crippen molar-refractivity contribution in [3.8, 4) is 0 Å². The Kier molecular flexibility index (Phi) is 4.39. The summed E-state index contributed by atoms with van der Waals surface area (Å²) in [6, 6.07) is 1.85. The smallest absolute Gasteiger partial charge is 0.349 e. The molecule has 0 aliphatic carbocycles. The largest absolute Gasteiger partial charge is 0.456 e. The van der Waals surface area contributed by atoms with Gasteiger partial charge >= 0.3 is 5.97 Å². The summed E-state index contributed by atoms with van der Waals surface area (Å²) in [6.45, 7) is 4.43. The van der Waals surface area contributed by atoms with Crippen LogP contribution < -0.4 is 0 Å². The lowest BCUT2D eigenvalue weighted by atomic mass is 10.3. The predicted molar refractivity (Wildman–Crippen MR) is 78.9 cm³/mol. The van der Waals surface area contributed by atoms with Crippen molar-refractivity contribution in [1.82, 2.24) is 9.78 Å². The molecule has 2 aromatic heterocycles. The normalized spacial score (nSPS) is 12.4. The molecule has 0 saturated heterocycles. The van der Waals surface area contributed by atoms with E-state index in [1.54, 1.807) is 10.9 Å². The molecule has 18 heavy (non-hydrogen) atoms. The summed E-state index contributed by atoms with van der Waals surface area (Å²) in [4.78, 5) is 12.7. The zero-order valence-corrected chi connectivity index (χ0v) is 13.1. The van der Waals surface area contributed by atoms with Crippen LogP contribution in [0.3, 0.4) is 0 Å². The van der Waals surface area contributed by atoms with E-state index in [9.17, 15) is 4.79 Å². The van der Waals surface area contributed by atoms with Crippen LogP contribution in [0, 0.1) is 10.5 Å². The van der Waals surface area contributed by atoms with E-state index in [0.29, 0.717) is 11.4 Å². The van der Waals surface area contributed by atoms with E-state index >= 15 is 0 Å². The van der Waals surface area contributed by atoms with Crippen molar-refractivity contribution in [2.24, 2.45) is 0 Å². The van der Waals surface area contributed by atoms with Gasteiger partial charge in [-0.15, -0.1) is 11.3 Å². The highest BCUT2D eigenvalue weighted by molar-refractivity contribution is 14.1.